The first-order chi connectivity index (χ1) is 9.93. The van der Waals surface area contributed by atoms with Gasteiger partial charge in [0.05, 0.1) is 17.3 Å². The molecule has 1 amide bonds. The van der Waals surface area contributed by atoms with Crippen LogP contribution in [0.5, 0.6) is 0 Å². The highest BCUT2D eigenvalue weighted by Gasteiger charge is 2.19. The fraction of sp³-hybridized carbons (Fsp3) is 0.312. The van der Waals surface area contributed by atoms with E-state index in [9.17, 15) is 4.79 Å². The molecule has 0 aliphatic heterocycles. The second kappa shape index (κ2) is 5.80. The Hall–Kier alpha value is -2.61. The molecule has 2 rings (SSSR count). The molecule has 21 heavy (non-hydrogen) atoms. The number of nitrogens with one attached hydrogen (secondary N) is 1. The van der Waals surface area contributed by atoms with Gasteiger partial charge in [0.25, 0.3) is 0 Å². The molecule has 1 aromatic carbocycles. The maximum Gasteiger partial charge on any atom is 0.248 e. The molecule has 0 radical (unpaired) electrons. The smallest absolute Gasteiger partial charge is 0.248 e. The third-order valence-electron chi connectivity index (χ3n) is 3.69. The molecule has 0 saturated carbocycles. The molecular formula is C16H18N4O. The lowest BCUT2D eigenvalue weighted by atomic mass is 10.2. The van der Waals surface area contributed by atoms with Crippen LogP contribution in [-0.2, 0) is 4.79 Å². The summed E-state index contributed by atoms with van der Waals surface area (Å²) in [6, 6.07) is 8.49. The number of rotatable bonds is 3. The van der Waals surface area contributed by atoms with Crippen LogP contribution in [-0.4, -0.2) is 15.7 Å². The van der Waals surface area contributed by atoms with Crippen molar-refractivity contribution in [3.05, 3.63) is 46.8 Å². The monoisotopic (exact) mass is 282 g/mol. The average molecular weight is 282 g/mol. The van der Waals surface area contributed by atoms with Crippen LogP contribution < -0.4 is 5.32 Å². The van der Waals surface area contributed by atoms with Crippen molar-refractivity contribution in [1.82, 2.24) is 9.78 Å². The van der Waals surface area contributed by atoms with Crippen LogP contribution in [0.2, 0.25) is 0 Å². The standard InChI is InChI=1S/C16H18N4O/c1-10-11(2)19-20(12(10)3)13(4)16(21)18-15-7-5-6-14(8-15)9-17/h5-8,13H,1-4H3,(H,18,21). The quantitative estimate of drug-likeness (QED) is 0.941. The number of aryl methyl sites for hydroxylation is 1. The topological polar surface area (TPSA) is 70.7 Å². The van der Waals surface area contributed by atoms with E-state index >= 15 is 0 Å². The van der Waals surface area contributed by atoms with Gasteiger partial charge in [0.2, 0.25) is 5.91 Å². The Labute approximate surface area is 124 Å². The van der Waals surface area contributed by atoms with Gasteiger partial charge in [0, 0.05) is 11.4 Å². The normalized spacial score (nSPS) is 11.8. The average Bonchev–Trinajstić information content (AvgIpc) is 2.74. The van der Waals surface area contributed by atoms with Crippen molar-refractivity contribution >= 4 is 11.6 Å². The summed E-state index contributed by atoms with van der Waals surface area (Å²) < 4.78 is 1.73. The van der Waals surface area contributed by atoms with E-state index in [1.165, 1.54) is 0 Å². The third kappa shape index (κ3) is 2.95. The number of anilines is 1. The zero-order valence-corrected chi connectivity index (χ0v) is 12.6. The molecule has 0 aliphatic carbocycles. The van der Waals surface area contributed by atoms with Crippen molar-refractivity contribution < 1.29 is 4.79 Å². The van der Waals surface area contributed by atoms with E-state index < -0.39 is 6.04 Å². The minimum Gasteiger partial charge on any atom is -0.324 e. The Kier molecular flexibility index (Phi) is 4.08. The maximum absolute atomic E-state index is 12.3. The highest BCUT2D eigenvalue weighted by atomic mass is 16.2. The number of benzene rings is 1. The minimum atomic E-state index is -0.414. The summed E-state index contributed by atoms with van der Waals surface area (Å²) in [4.78, 5) is 12.3. The van der Waals surface area contributed by atoms with Crippen molar-refractivity contribution in [2.45, 2.75) is 33.7 Å². The molecule has 0 fully saturated rings. The summed E-state index contributed by atoms with van der Waals surface area (Å²) >= 11 is 0. The van der Waals surface area contributed by atoms with E-state index in [1.54, 1.807) is 28.9 Å². The highest BCUT2D eigenvalue weighted by Crippen LogP contribution is 2.18. The minimum absolute atomic E-state index is 0.157. The fourth-order valence-corrected chi connectivity index (χ4v) is 2.15. The molecule has 1 heterocycles. The first-order valence-electron chi connectivity index (χ1n) is 6.77. The van der Waals surface area contributed by atoms with Crippen LogP contribution in [0, 0.1) is 32.1 Å². The molecule has 0 saturated heterocycles. The highest BCUT2D eigenvalue weighted by molar-refractivity contribution is 5.93. The van der Waals surface area contributed by atoms with Crippen LogP contribution in [0.4, 0.5) is 5.69 Å². The Morgan fingerprint density at radius 1 is 1.38 bits per heavy atom. The number of nitrogens with zero attached hydrogens (tertiary/aromatic N) is 3. The summed E-state index contributed by atoms with van der Waals surface area (Å²) in [6.45, 7) is 7.69. The van der Waals surface area contributed by atoms with E-state index in [2.05, 4.69) is 16.5 Å². The molecule has 1 aromatic heterocycles. The van der Waals surface area contributed by atoms with E-state index in [4.69, 9.17) is 5.26 Å². The summed E-state index contributed by atoms with van der Waals surface area (Å²) in [7, 11) is 0. The lowest BCUT2D eigenvalue weighted by molar-refractivity contribution is -0.119. The van der Waals surface area contributed by atoms with Crippen LogP contribution in [0.1, 0.15) is 35.5 Å². The van der Waals surface area contributed by atoms with Crippen LogP contribution in [0.15, 0.2) is 24.3 Å². The molecule has 108 valence electrons. The predicted octanol–water partition coefficient (Wildman–Crippen LogP) is 2.88. The zero-order chi connectivity index (χ0) is 15.6. The number of carbonyl (C=O) groups excluding carboxylic acids is 1. The number of carbonyl (C=O) groups is 1. The van der Waals surface area contributed by atoms with Gasteiger partial charge in [-0.3, -0.25) is 9.48 Å². The van der Waals surface area contributed by atoms with Gasteiger partial charge in [-0.05, 0) is 51.5 Å². The first kappa shape index (κ1) is 14.8. The molecule has 0 bridgehead atoms. The van der Waals surface area contributed by atoms with Gasteiger partial charge in [0.15, 0.2) is 0 Å². The van der Waals surface area contributed by atoms with E-state index in [0.29, 0.717) is 11.3 Å². The van der Waals surface area contributed by atoms with Gasteiger partial charge in [-0.2, -0.15) is 10.4 Å². The number of hydrogen-bond donors (Lipinski definition) is 1. The van der Waals surface area contributed by atoms with Crippen LogP contribution in [0.3, 0.4) is 0 Å². The molecule has 2 aromatic rings. The summed E-state index contributed by atoms with van der Waals surface area (Å²) in [5.74, 6) is -0.157. The van der Waals surface area contributed by atoms with Gasteiger partial charge >= 0.3 is 0 Å². The Balaban J connectivity index is 2.19. The molecular weight excluding hydrogens is 264 g/mol. The summed E-state index contributed by atoms with van der Waals surface area (Å²) in [6.07, 6.45) is 0. The van der Waals surface area contributed by atoms with E-state index in [-0.39, 0.29) is 5.91 Å². The third-order valence-corrected chi connectivity index (χ3v) is 3.69. The summed E-state index contributed by atoms with van der Waals surface area (Å²) in [5.41, 5.74) is 4.15. The number of hydrogen-bond acceptors (Lipinski definition) is 3. The Bertz CT molecular complexity index is 724. The molecule has 0 aliphatic rings. The van der Waals surface area contributed by atoms with Crippen molar-refractivity contribution in [1.29, 1.82) is 5.26 Å². The van der Waals surface area contributed by atoms with Crippen molar-refractivity contribution in [3.8, 4) is 6.07 Å². The second-order valence-electron chi connectivity index (χ2n) is 5.10. The molecule has 1 atom stereocenters. The molecule has 5 heteroatoms. The van der Waals surface area contributed by atoms with Crippen molar-refractivity contribution in [2.24, 2.45) is 0 Å². The van der Waals surface area contributed by atoms with E-state index in [0.717, 1.165) is 17.0 Å². The number of amides is 1. The lowest BCUT2D eigenvalue weighted by Crippen LogP contribution is -2.25. The molecule has 1 unspecified atom stereocenters. The largest absolute Gasteiger partial charge is 0.324 e. The van der Waals surface area contributed by atoms with Gasteiger partial charge in [0.1, 0.15) is 6.04 Å². The van der Waals surface area contributed by atoms with Crippen LogP contribution >= 0.6 is 0 Å². The Morgan fingerprint density at radius 2 is 2.10 bits per heavy atom. The zero-order valence-electron chi connectivity index (χ0n) is 12.6. The number of nitriles is 1. The van der Waals surface area contributed by atoms with Crippen LogP contribution in [0.25, 0.3) is 0 Å². The van der Waals surface area contributed by atoms with Gasteiger partial charge in [-0.15, -0.1) is 0 Å². The summed E-state index contributed by atoms with van der Waals surface area (Å²) in [5, 5.41) is 16.1. The van der Waals surface area contributed by atoms with Gasteiger partial charge in [-0.1, -0.05) is 6.07 Å². The maximum atomic E-state index is 12.3. The van der Waals surface area contributed by atoms with Crippen molar-refractivity contribution in [3.63, 3.8) is 0 Å². The first-order valence-corrected chi connectivity index (χ1v) is 6.77. The fourth-order valence-electron chi connectivity index (χ4n) is 2.15. The molecule has 1 N–H and O–H groups in total. The number of aromatic nitrogens is 2. The lowest BCUT2D eigenvalue weighted by Gasteiger charge is -2.14. The SMILES string of the molecule is Cc1nn(C(C)C(=O)Nc2cccc(C#N)c2)c(C)c1C. The van der Waals surface area contributed by atoms with Gasteiger partial charge < -0.3 is 5.32 Å². The van der Waals surface area contributed by atoms with E-state index in [1.807, 2.05) is 27.7 Å². The van der Waals surface area contributed by atoms with Crippen molar-refractivity contribution in [2.75, 3.05) is 5.32 Å². The molecule has 0 spiro atoms. The molecule has 5 nitrogen and oxygen atoms in total. The Morgan fingerprint density at radius 3 is 2.67 bits per heavy atom. The van der Waals surface area contributed by atoms with Gasteiger partial charge in [-0.25, -0.2) is 0 Å². The predicted molar refractivity (Wildman–Crippen MR) is 80.9 cm³/mol. The second-order valence-corrected chi connectivity index (χ2v) is 5.10.